The van der Waals surface area contributed by atoms with Crippen molar-refractivity contribution in [3.63, 3.8) is 0 Å². The fourth-order valence-corrected chi connectivity index (χ4v) is 2.71. The number of carbonyl (C=O) groups excluding carboxylic acids is 1. The van der Waals surface area contributed by atoms with E-state index in [0.29, 0.717) is 40.0 Å². The largest absolute Gasteiger partial charge is 0.496 e. The van der Waals surface area contributed by atoms with Gasteiger partial charge in [0.15, 0.2) is 23.0 Å². The number of ether oxygens (including phenoxy) is 4. The third-order valence-corrected chi connectivity index (χ3v) is 4.04. The fraction of sp³-hybridized carbons (Fsp3) is 0.200. The molecule has 2 aromatic carbocycles. The highest BCUT2D eigenvalue weighted by Gasteiger charge is 2.18. The van der Waals surface area contributed by atoms with Gasteiger partial charge in [0.05, 0.1) is 34.0 Å². The van der Waals surface area contributed by atoms with Gasteiger partial charge in [-0.2, -0.15) is 0 Å². The smallest absolute Gasteiger partial charge is 0.277 e. The van der Waals surface area contributed by atoms with Gasteiger partial charge in [0.1, 0.15) is 5.75 Å². The van der Waals surface area contributed by atoms with Gasteiger partial charge in [-0.15, -0.1) is 0 Å². The second-order valence-corrected chi connectivity index (χ2v) is 5.64. The molecule has 0 bridgehead atoms. The molecule has 0 aliphatic heterocycles. The number of amides is 1. The molecule has 0 unspecified atom stereocenters. The Morgan fingerprint density at radius 3 is 2.14 bits per heavy atom. The molecule has 146 valence electrons. The maximum Gasteiger partial charge on any atom is 0.277 e. The van der Waals surface area contributed by atoms with Crippen molar-refractivity contribution in [2.45, 2.75) is 0 Å². The van der Waals surface area contributed by atoms with E-state index >= 15 is 0 Å². The highest BCUT2D eigenvalue weighted by Crippen LogP contribution is 2.40. The molecule has 0 saturated heterocycles. The normalized spacial score (nSPS) is 10.3. The predicted molar refractivity (Wildman–Crippen MR) is 103 cm³/mol. The average Bonchev–Trinajstić information content (AvgIpc) is 3.23. The summed E-state index contributed by atoms with van der Waals surface area (Å²) in [6.45, 7) is 0. The molecule has 0 aliphatic carbocycles. The second kappa shape index (κ2) is 8.34. The number of methoxy groups -OCH3 is 4. The van der Waals surface area contributed by atoms with E-state index in [1.54, 1.807) is 31.4 Å². The predicted octanol–water partition coefficient (Wildman–Crippen LogP) is 3.63. The molecule has 1 amide bonds. The van der Waals surface area contributed by atoms with Crippen LogP contribution in [-0.4, -0.2) is 39.5 Å². The molecule has 0 atom stereocenters. The zero-order valence-electron chi connectivity index (χ0n) is 15.9. The molecular weight excluding hydrogens is 364 g/mol. The quantitative estimate of drug-likeness (QED) is 0.665. The summed E-state index contributed by atoms with van der Waals surface area (Å²) in [7, 11) is 6.07. The summed E-state index contributed by atoms with van der Waals surface area (Å²) in [4.78, 5) is 12.6. The summed E-state index contributed by atoms with van der Waals surface area (Å²) in [5.74, 6) is 1.88. The van der Waals surface area contributed by atoms with Crippen LogP contribution in [0.15, 0.2) is 47.0 Å². The highest BCUT2D eigenvalue weighted by atomic mass is 16.5. The molecule has 0 aliphatic rings. The number of para-hydroxylation sites is 1. The number of benzene rings is 2. The average molecular weight is 384 g/mol. The van der Waals surface area contributed by atoms with Crippen LogP contribution in [0.2, 0.25) is 0 Å². The lowest BCUT2D eigenvalue weighted by molar-refractivity contribution is 0.101. The van der Waals surface area contributed by atoms with Crippen LogP contribution in [0.25, 0.3) is 11.3 Å². The van der Waals surface area contributed by atoms with Gasteiger partial charge in [0, 0.05) is 23.9 Å². The minimum atomic E-state index is -0.445. The molecule has 1 heterocycles. The minimum Gasteiger partial charge on any atom is -0.496 e. The van der Waals surface area contributed by atoms with Crippen molar-refractivity contribution in [1.29, 1.82) is 0 Å². The van der Waals surface area contributed by atoms with Crippen LogP contribution in [-0.2, 0) is 0 Å². The molecule has 3 rings (SSSR count). The molecule has 0 saturated carbocycles. The Bertz CT molecular complexity index is 957. The summed E-state index contributed by atoms with van der Waals surface area (Å²) in [5.41, 5.74) is 1.28. The van der Waals surface area contributed by atoms with Crippen molar-refractivity contribution in [1.82, 2.24) is 5.16 Å². The molecule has 0 radical (unpaired) electrons. The number of hydrogen-bond donors (Lipinski definition) is 1. The molecular formula is C20H20N2O6. The van der Waals surface area contributed by atoms with E-state index in [9.17, 15) is 4.79 Å². The molecule has 0 spiro atoms. The van der Waals surface area contributed by atoms with E-state index in [1.807, 2.05) is 18.2 Å². The van der Waals surface area contributed by atoms with Crippen molar-refractivity contribution in [3.8, 4) is 34.3 Å². The van der Waals surface area contributed by atoms with E-state index in [2.05, 4.69) is 10.5 Å². The number of aromatic nitrogens is 1. The first kappa shape index (κ1) is 19.1. The summed E-state index contributed by atoms with van der Waals surface area (Å²) in [6, 6.07) is 12.1. The first-order valence-corrected chi connectivity index (χ1v) is 8.32. The van der Waals surface area contributed by atoms with Gasteiger partial charge < -0.3 is 28.8 Å². The van der Waals surface area contributed by atoms with E-state index in [1.165, 1.54) is 21.3 Å². The van der Waals surface area contributed by atoms with Crippen LogP contribution < -0.4 is 24.3 Å². The number of nitrogens with zero attached hydrogens (tertiary/aromatic N) is 1. The molecule has 8 heteroatoms. The van der Waals surface area contributed by atoms with Crippen LogP contribution in [0.5, 0.6) is 23.0 Å². The Hall–Kier alpha value is -3.68. The summed E-state index contributed by atoms with van der Waals surface area (Å²) < 4.78 is 26.5. The number of anilines is 1. The van der Waals surface area contributed by atoms with E-state index in [4.69, 9.17) is 23.5 Å². The van der Waals surface area contributed by atoms with Crippen LogP contribution in [0.4, 0.5) is 5.69 Å². The topological polar surface area (TPSA) is 92.1 Å². The SMILES string of the molecule is COc1ccccc1-c1cc(C(=O)Nc2cc(OC)c(OC)c(OC)c2)no1. The van der Waals surface area contributed by atoms with E-state index in [0.717, 1.165) is 0 Å². The van der Waals surface area contributed by atoms with Gasteiger partial charge in [-0.05, 0) is 12.1 Å². The van der Waals surface area contributed by atoms with Gasteiger partial charge >= 0.3 is 0 Å². The minimum absolute atomic E-state index is 0.120. The van der Waals surface area contributed by atoms with Crippen LogP contribution in [0.1, 0.15) is 10.5 Å². The molecule has 8 nitrogen and oxygen atoms in total. The zero-order chi connectivity index (χ0) is 20.1. The Labute approximate surface area is 162 Å². The summed E-state index contributed by atoms with van der Waals surface area (Å²) in [5, 5.41) is 6.60. The van der Waals surface area contributed by atoms with Crippen molar-refractivity contribution >= 4 is 11.6 Å². The van der Waals surface area contributed by atoms with Crippen LogP contribution >= 0.6 is 0 Å². The highest BCUT2D eigenvalue weighted by molar-refractivity contribution is 6.03. The number of carbonyl (C=O) groups is 1. The summed E-state index contributed by atoms with van der Waals surface area (Å²) in [6.07, 6.45) is 0. The third-order valence-electron chi connectivity index (χ3n) is 4.04. The first-order chi connectivity index (χ1) is 13.6. The van der Waals surface area contributed by atoms with Gasteiger partial charge in [-0.25, -0.2) is 0 Å². The molecule has 1 aromatic heterocycles. The zero-order valence-corrected chi connectivity index (χ0v) is 15.9. The standard InChI is InChI=1S/C20H20N2O6/c1-24-15-8-6-5-7-13(15)16-11-14(22-28-16)20(23)21-12-9-17(25-2)19(27-4)18(10-12)26-3/h5-11H,1-4H3,(H,21,23). The van der Waals surface area contributed by atoms with Gasteiger partial charge in [-0.3, -0.25) is 4.79 Å². The van der Waals surface area contributed by atoms with E-state index < -0.39 is 5.91 Å². The lowest BCUT2D eigenvalue weighted by Crippen LogP contribution is -2.12. The van der Waals surface area contributed by atoms with Crippen molar-refractivity contribution in [2.24, 2.45) is 0 Å². The Balaban J connectivity index is 1.86. The molecule has 1 N–H and O–H groups in total. The fourth-order valence-electron chi connectivity index (χ4n) is 2.71. The Kier molecular flexibility index (Phi) is 5.69. The number of rotatable bonds is 7. The Morgan fingerprint density at radius 1 is 0.893 bits per heavy atom. The van der Waals surface area contributed by atoms with Crippen molar-refractivity contribution < 1.29 is 28.3 Å². The van der Waals surface area contributed by atoms with Crippen molar-refractivity contribution in [3.05, 3.63) is 48.2 Å². The monoisotopic (exact) mass is 384 g/mol. The second-order valence-electron chi connectivity index (χ2n) is 5.64. The number of hydrogen-bond acceptors (Lipinski definition) is 7. The Morgan fingerprint density at radius 2 is 1.54 bits per heavy atom. The van der Waals surface area contributed by atoms with Crippen molar-refractivity contribution in [2.75, 3.05) is 33.8 Å². The molecule has 28 heavy (non-hydrogen) atoms. The van der Waals surface area contributed by atoms with Gasteiger partial charge in [0.2, 0.25) is 5.75 Å². The van der Waals surface area contributed by atoms with E-state index in [-0.39, 0.29) is 5.69 Å². The maximum atomic E-state index is 12.6. The summed E-state index contributed by atoms with van der Waals surface area (Å²) >= 11 is 0. The molecule has 3 aromatic rings. The van der Waals surface area contributed by atoms with Gasteiger partial charge in [0.25, 0.3) is 5.91 Å². The maximum absolute atomic E-state index is 12.6. The van der Waals surface area contributed by atoms with Gasteiger partial charge in [-0.1, -0.05) is 17.3 Å². The van der Waals surface area contributed by atoms with Crippen LogP contribution in [0, 0.1) is 0 Å². The third kappa shape index (κ3) is 3.71. The molecule has 0 fully saturated rings. The lowest BCUT2D eigenvalue weighted by atomic mass is 10.1. The first-order valence-electron chi connectivity index (χ1n) is 8.32. The van der Waals surface area contributed by atoms with Crippen LogP contribution in [0.3, 0.4) is 0 Å². The lowest BCUT2D eigenvalue weighted by Gasteiger charge is -2.14. The number of nitrogens with one attached hydrogen (secondary N) is 1.